The fraction of sp³-hybridized carbons (Fsp3) is 0.737. The van der Waals surface area contributed by atoms with E-state index in [-0.39, 0.29) is 6.42 Å². The number of thioether (sulfide) groups is 2. The number of carboxylic acid groups (broad SMARTS) is 2. The molecule has 0 bridgehead atoms. The monoisotopic (exact) mass is 494 g/mol. The summed E-state index contributed by atoms with van der Waals surface area (Å²) in [5.41, 5.74) is 5.78. The van der Waals surface area contributed by atoms with Gasteiger partial charge in [-0.1, -0.05) is 13.8 Å². The molecule has 32 heavy (non-hydrogen) atoms. The molecule has 0 saturated heterocycles. The molecule has 0 saturated carbocycles. The minimum atomic E-state index is -1.44. The number of nitrogens with one attached hydrogen (secondary N) is 3. The van der Waals surface area contributed by atoms with Crippen molar-refractivity contribution in [3.05, 3.63) is 0 Å². The predicted molar refractivity (Wildman–Crippen MR) is 124 cm³/mol. The van der Waals surface area contributed by atoms with Gasteiger partial charge in [0.15, 0.2) is 0 Å². The van der Waals surface area contributed by atoms with Gasteiger partial charge in [0.25, 0.3) is 0 Å². The second kappa shape index (κ2) is 15.8. The summed E-state index contributed by atoms with van der Waals surface area (Å²) in [6, 6.07) is -4.61. The molecule has 0 spiro atoms. The first-order valence-corrected chi connectivity index (χ1v) is 12.8. The highest BCUT2D eigenvalue weighted by Crippen LogP contribution is 2.07. The summed E-state index contributed by atoms with van der Waals surface area (Å²) in [4.78, 5) is 60.3. The van der Waals surface area contributed by atoms with Crippen molar-refractivity contribution in [1.29, 1.82) is 0 Å². The van der Waals surface area contributed by atoms with Crippen molar-refractivity contribution in [2.75, 3.05) is 24.0 Å². The molecule has 4 atom stereocenters. The van der Waals surface area contributed by atoms with Crippen molar-refractivity contribution in [1.82, 2.24) is 16.0 Å². The Bertz CT molecular complexity index is 664. The second-order valence-electron chi connectivity index (χ2n) is 7.46. The van der Waals surface area contributed by atoms with E-state index in [1.54, 1.807) is 20.1 Å². The molecule has 3 amide bonds. The first-order valence-electron chi connectivity index (χ1n) is 10.0. The Kier molecular flexibility index (Phi) is 14.8. The van der Waals surface area contributed by atoms with Crippen LogP contribution in [0.5, 0.6) is 0 Å². The fourth-order valence-corrected chi connectivity index (χ4v) is 3.54. The van der Waals surface area contributed by atoms with Crippen LogP contribution in [-0.2, 0) is 24.0 Å². The second-order valence-corrected chi connectivity index (χ2v) is 9.43. The van der Waals surface area contributed by atoms with Gasteiger partial charge < -0.3 is 31.9 Å². The van der Waals surface area contributed by atoms with Crippen LogP contribution >= 0.6 is 23.5 Å². The number of carbonyl (C=O) groups excluding carboxylic acids is 3. The molecule has 0 aromatic rings. The van der Waals surface area contributed by atoms with Crippen LogP contribution < -0.4 is 21.7 Å². The summed E-state index contributed by atoms with van der Waals surface area (Å²) in [6.07, 6.45) is 3.48. The number of rotatable bonds is 16. The van der Waals surface area contributed by atoms with E-state index in [1.165, 1.54) is 23.5 Å². The summed E-state index contributed by atoms with van der Waals surface area (Å²) in [5, 5.41) is 25.6. The van der Waals surface area contributed by atoms with Gasteiger partial charge in [-0.25, -0.2) is 4.79 Å². The Hall–Kier alpha value is -1.99. The lowest BCUT2D eigenvalue weighted by Crippen LogP contribution is -2.58. The highest BCUT2D eigenvalue weighted by molar-refractivity contribution is 7.98. The standard InChI is InChI=1S/C19H34N4O7S2/c1-10(2)15(19(29)30)23-17(27)12(6-8-32-4)21-18(28)13(9-14(24)25)22-16(26)11(20)5-7-31-3/h10-13,15H,5-9,20H2,1-4H3,(H,21,28)(H,22,26)(H,23,27)(H,24,25)(H,29,30). The van der Waals surface area contributed by atoms with Crippen LogP contribution in [0.1, 0.15) is 33.1 Å². The Morgan fingerprint density at radius 2 is 1.31 bits per heavy atom. The van der Waals surface area contributed by atoms with E-state index in [0.717, 1.165) is 0 Å². The zero-order valence-corrected chi connectivity index (χ0v) is 20.4. The lowest BCUT2D eigenvalue weighted by Gasteiger charge is -2.25. The number of carbonyl (C=O) groups is 5. The van der Waals surface area contributed by atoms with Crippen LogP contribution in [0.25, 0.3) is 0 Å². The maximum atomic E-state index is 12.7. The van der Waals surface area contributed by atoms with Gasteiger partial charge in [0.05, 0.1) is 12.5 Å². The molecule has 11 nitrogen and oxygen atoms in total. The molecule has 0 aromatic carbocycles. The fourth-order valence-electron chi connectivity index (χ4n) is 2.58. The summed E-state index contributed by atoms with van der Waals surface area (Å²) in [7, 11) is 0. The van der Waals surface area contributed by atoms with E-state index in [2.05, 4.69) is 16.0 Å². The Morgan fingerprint density at radius 3 is 1.78 bits per heavy atom. The summed E-state index contributed by atoms with van der Waals surface area (Å²) in [6.45, 7) is 3.26. The van der Waals surface area contributed by atoms with Crippen LogP contribution in [0.3, 0.4) is 0 Å². The molecule has 0 aromatic heterocycles. The number of amides is 3. The lowest BCUT2D eigenvalue weighted by molar-refractivity contribution is -0.144. The SMILES string of the molecule is CSCCC(N)C(=O)NC(CC(=O)O)C(=O)NC(CCSC)C(=O)NC(C(=O)O)C(C)C. The molecule has 0 aliphatic rings. The third kappa shape index (κ3) is 11.6. The summed E-state index contributed by atoms with van der Waals surface area (Å²) >= 11 is 2.91. The predicted octanol–water partition coefficient (Wildman–Crippen LogP) is -0.510. The van der Waals surface area contributed by atoms with E-state index in [0.29, 0.717) is 17.9 Å². The summed E-state index contributed by atoms with van der Waals surface area (Å²) < 4.78 is 0. The average Bonchev–Trinajstić information content (AvgIpc) is 2.71. The van der Waals surface area contributed by atoms with E-state index < -0.39 is 66.2 Å². The smallest absolute Gasteiger partial charge is 0.326 e. The van der Waals surface area contributed by atoms with Crippen LogP contribution in [0.4, 0.5) is 0 Å². The number of nitrogens with two attached hydrogens (primary N) is 1. The maximum Gasteiger partial charge on any atom is 0.326 e. The zero-order valence-electron chi connectivity index (χ0n) is 18.8. The van der Waals surface area contributed by atoms with Crippen LogP contribution in [-0.4, -0.2) is 88.1 Å². The van der Waals surface area contributed by atoms with Gasteiger partial charge in [-0.3, -0.25) is 19.2 Å². The largest absolute Gasteiger partial charge is 0.481 e. The van der Waals surface area contributed by atoms with Crippen LogP contribution in [0.15, 0.2) is 0 Å². The Balaban J connectivity index is 5.42. The van der Waals surface area contributed by atoms with E-state index >= 15 is 0 Å². The first kappa shape index (κ1) is 30.0. The van der Waals surface area contributed by atoms with Gasteiger partial charge in [0.2, 0.25) is 17.7 Å². The molecule has 7 N–H and O–H groups in total. The Labute approximate surface area is 196 Å². The molecule has 0 aliphatic heterocycles. The normalized spacial score (nSPS) is 14.7. The molecule has 4 unspecified atom stereocenters. The molecular weight excluding hydrogens is 460 g/mol. The first-order chi connectivity index (χ1) is 14.9. The third-order valence-corrected chi connectivity index (χ3v) is 5.74. The molecule has 0 radical (unpaired) electrons. The van der Waals surface area contributed by atoms with Gasteiger partial charge in [0.1, 0.15) is 18.1 Å². The molecule has 0 rings (SSSR count). The highest BCUT2D eigenvalue weighted by Gasteiger charge is 2.32. The van der Waals surface area contributed by atoms with E-state index in [9.17, 15) is 29.1 Å². The van der Waals surface area contributed by atoms with Crippen molar-refractivity contribution >= 4 is 53.2 Å². The highest BCUT2D eigenvalue weighted by atomic mass is 32.2. The van der Waals surface area contributed by atoms with Gasteiger partial charge in [-0.2, -0.15) is 23.5 Å². The average molecular weight is 495 g/mol. The maximum absolute atomic E-state index is 12.7. The molecule has 0 fully saturated rings. The van der Waals surface area contributed by atoms with E-state index in [1.807, 2.05) is 6.26 Å². The van der Waals surface area contributed by atoms with Crippen molar-refractivity contribution in [2.45, 2.75) is 57.3 Å². The van der Waals surface area contributed by atoms with Crippen molar-refractivity contribution in [3.8, 4) is 0 Å². The minimum Gasteiger partial charge on any atom is -0.481 e. The molecule has 184 valence electrons. The molecule has 13 heteroatoms. The van der Waals surface area contributed by atoms with Gasteiger partial charge in [0, 0.05) is 0 Å². The van der Waals surface area contributed by atoms with E-state index in [4.69, 9.17) is 10.8 Å². The zero-order chi connectivity index (χ0) is 24.8. The number of carboxylic acids is 2. The third-order valence-electron chi connectivity index (χ3n) is 4.46. The van der Waals surface area contributed by atoms with Crippen molar-refractivity contribution in [2.24, 2.45) is 11.7 Å². The van der Waals surface area contributed by atoms with Crippen LogP contribution in [0, 0.1) is 5.92 Å². The number of aliphatic carboxylic acids is 2. The van der Waals surface area contributed by atoms with Crippen molar-refractivity contribution < 1.29 is 34.2 Å². The quantitative estimate of drug-likeness (QED) is 0.163. The molecular formula is C19H34N4O7S2. The number of hydrogen-bond donors (Lipinski definition) is 6. The van der Waals surface area contributed by atoms with Gasteiger partial charge in [-0.05, 0) is 42.8 Å². The summed E-state index contributed by atoms with van der Waals surface area (Å²) in [5.74, 6) is -4.07. The molecule has 0 aliphatic carbocycles. The lowest BCUT2D eigenvalue weighted by atomic mass is 10.0. The van der Waals surface area contributed by atoms with Crippen LogP contribution in [0.2, 0.25) is 0 Å². The van der Waals surface area contributed by atoms with Gasteiger partial charge in [-0.15, -0.1) is 0 Å². The molecule has 0 heterocycles. The number of hydrogen-bond acceptors (Lipinski definition) is 8. The van der Waals surface area contributed by atoms with Gasteiger partial charge >= 0.3 is 11.9 Å². The van der Waals surface area contributed by atoms with Crippen molar-refractivity contribution in [3.63, 3.8) is 0 Å². The topological polar surface area (TPSA) is 188 Å². The Morgan fingerprint density at radius 1 is 0.812 bits per heavy atom. The minimum absolute atomic E-state index is 0.185.